The van der Waals surface area contributed by atoms with E-state index in [2.05, 4.69) is 4.98 Å². The smallest absolute Gasteiger partial charge is 0.341 e. The van der Waals surface area contributed by atoms with Gasteiger partial charge in [-0.3, -0.25) is 4.79 Å². The third-order valence-corrected chi connectivity index (χ3v) is 2.63. The molecule has 4 nitrogen and oxygen atoms in total. The maximum absolute atomic E-state index is 13.1. The maximum Gasteiger partial charge on any atom is 0.341 e. The van der Waals surface area contributed by atoms with E-state index in [4.69, 9.17) is 16.7 Å². The topological polar surface area (TPSA) is 70.2 Å². The Morgan fingerprint density at radius 2 is 2.06 bits per heavy atom. The molecule has 1 aromatic heterocycles. The zero-order valence-corrected chi connectivity index (χ0v) is 9.66. The first kappa shape index (κ1) is 12.3. The molecule has 0 aliphatic rings. The minimum Gasteiger partial charge on any atom is -0.477 e. The fourth-order valence-electron chi connectivity index (χ4n) is 1.52. The normalized spacial score (nSPS) is 10.3. The molecular formula is C12H7ClFNO3. The summed E-state index contributed by atoms with van der Waals surface area (Å²) >= 11 is 5.88. The van der Waals surface area contributed by atoms with Gasteiger partial charge in [0.2, 0.25) is 0 Å². The monoisotopic (exact) mass is 267 g/mol. The van der Waals surface area contributed by atoms with Crippen molar-refractivity contribution in [2.75, 3.05) is 0 Å². The van der Waals surface area contributed by atoms with Crippen LogP contribution in [0.4, 0.5) is 4.39 Å². The largest absolute Gasteiger partial charge is 0.477 e. The van der Waals surface area contributed by atoms with Crippen molar-refractivity contribution in [3.05, 3.63) is 57.1 Å². The second kappa shape index (κ2) is 4.62. The second-order valence-electron chi connectivity index (χ2n) is 3.55. The molecule has 0 atom stereocenters. The number of H-pyrrole nitrogens is 1. The number of carboxylic acid groups (broad SMARTS) is 1. The van der Waals surface area contributed by atoms with E-state index in [-0.39, 0.29) is 10.7 Å². The highest BCUT2D eigenvalue weighted by atomic mass is 35.5. The van der Waals surface area contributed by atoms with Gasteiger partial charge in [0, 0.05) is 5.56 Å². The van der Waals surface area contributed by atoms with Crippen LogP contribution in [-0.4, -0.2) is 16.1 Å². The van der Waals surface area contributed by atoms with Crippen molar-refractivity contribution < 1.29 is 14.3 Å². The Morgan fingerprint density at radius 3 is 2.67 bits per heavy atom. The molecule has 2 N–H and O–H groups in total. The molecule has 18 heavy (non-hydrogen) atoms. The van der Waals surface area contributed by atoms with Crippen LogP contribution in [0.15, 0.2) is 35.1 Å². The first-order valence-corrected chi connectivity index (χ1v) is 5.29. The van der Waals surface area contributed by atoms with Crippen LogP contribution in [0.2, 0.25) is 5.02 Å². The summed E-state index contributed by atoms with van der Waals surface area (Å²) in [5, 5.41) is 8.80. The summed E-state index contributed by atoms with van der Waals surface area (Å²) in [7, 11) is 0. The molecule has 0 aliphatic carbocycles. The highest BCUT2D eigenvalue weighted by Gasteiger charge is 2.14. The fraction of sp³-hybridized carbons (Fsp3) is 0. The Kier molecular flexibility index (Phi) is 3.16. The van der Waals surface area contributed by atoms with E-state index in [9.17, 15) is 14.0 Å². The number of carboxylic acids is 1. The molecule has 92 valence electrons. The average Bonchev–Trinajstić information content (AvgIpc) is 2.31. The minimum absolute atomic E-state index is 0.0394. The van der Waals surface area contributed by atoms with Crippen LogP contribution < -0.4 is 5.56 Å². The molecule has 6 heteroatoms. The van der Waals surface area contributed by atoms with Crippen LogP contribution >= 0.6 is 11.6 Å². The molecule has 0 aliphatic heterocycles. The molecule has 1 heterocycles. The lowest BCUT2D eigenvalue weighted by molar-refractivity contribution is 0.0695. The summed E-state index contributed by atoms with van der Waals surface area (Å²) in [6, 6.07) is 6.51. The summed E-state index contributed by atoms with van der Waals surface area (Å²) in [4.78, 5) is 24.6. The molecule has 1 aromatic carbocycles. The Bertz CT molecular complexity index is 681. The van der Waals surface area contributed by atoms with E-state index in [0.29, 0.717) is 5.56 Å². The number of aromatic carboxylic acids is 1. The van der Waals surface area contributed by atoms with Crippen molar-refractivity contribution in [3.63, 3.8) is 0 Å². The number of carbonyl (C=O) groups is 1. The van der Waals surface area contributed by atoms with Crippen LogP contribution in [0.3, 0.4) is 0 Å². The van der Waals surface area contributed by atoms with Gasteiger partial charge in [-0.2, -0.15) is 0 Å². The van der Waals surface area contributed by atoms with E-state index in [1.54, 1.807) is 6.07 Å². The number of aromatic amines is 1. The van der Waals surface area contributed by atoms with Crippen molar-refractivity contribution >= 4 is 17.6 Å². The standard InChI is InChI=1S/C12H7ClFNO3/c13-9-5-8(12(17)18)11(16)15-10(9)6-2-1-3-7(14)4-6/h1-5H,(H,15,16)(H,17,18). The third-order valence-electron chi connectivity index (χ3n) is 2.34. The zero-order chi connectivity index (χ0) is 13.3. The number of rotatable bonds is 2. The predicted molar refractivity (Wildman–Crippen MR) is 64.4 cm³/mol. The molecule has 2 aromatic rings. The lowest BCUT2D eigenvalue weighted by Gasteiger charge is -2.05. The zero-order valence-electron chi connectivity index (χ0n) is 8.91. The number of hydrogen-bond donors (Lipinski definition) is 2. The van der Waals surface area contributed by atoms with Crippen molar-refractivity contribution in [2.24, 2.45) is 0 Å². The van der Waals surface area contributed by atoms with Crippen LogP contribution in [0.5, 0.6) is 0 Å². The molecule has 2 rings (SSSR count). The number of hydrogen-bond acceptors (Lipinski definition) is 2. The number of halogens is 2. The number of benzene rings is 1. The van der Waals surface area contributed by atoms with Gasteiger partial charge in [-0.15, -0.1) is 0 Å². The van der Waals surface area contributed by atoms with Gasteiger partial charge in [-0.05, 0) is 18.2 Å². The van der Waals surface area contributed by atoms with Crippen molar-refractivity contribution in [3.8, 4) is 11.3 Å². The third kappa shape index (κ3) is 2.26. The summed E-state index contributed by atoms with van der Waals surface area (Å²) in [6.45, 7) is 0. The lowest BCUT2D eigenvalue weighted by atomic mass is 10.1. The van der Waals surface area contributed by atoms with Gasteiger partial charge >= 0.3 is 5.97 Å². The van der Waals surface area contributed by atoms with Crippen molar-refractivity contribution in [1.82, 2.24) is 4.98 Å². The van der Waals surface area contributed by atoms with Crippen molar-refractivity contribution in [2.45, 2.75) is 0 Å². The highest BCUT2D eigenvalue weighted by molar-refractivity contribution is 6.33. The second-order valence-corrected chi connectivity index (χ2v) is 3.96. The summed E-state index contributed by atoms with van der Waals surface area (Å²) < 4.78 is 13.1. The summed E-state index contributed by atoms with van der Waals surface area (Å²) in [5.41, 5.74) is -0.688. The van der Waals surface area contributed by atoms with Gasteiger partial charge < -0.3 is 10.1 Å². The maximum atomic E-state index is 13.1. The Hall–Kier alpha value is -2.14. The van der Waals surface area contributed by atoms with E-state index in [1.165, 1.54) is 18.2 Å². The van der Waals surface area contributed by atoms with Gasteiger partial charge in [0.1, 0.15) is 11.4 Å². The van der Waals surface area contributed by atoms with E-state index in [1.807, 2.05) is 0 Å². The lowest BCUT2D eigenvalue weighted by Crippen LogP contribution is -2.17. The van der Waals surface area contributed by atoms with Crippen LogP contribution in [0.1, 0.15) is 10.4 Å². The summed E-state index contributed by atoms with van der Waals surface area (Å²) in [5.74, 6) is -1.85. The fourth-order valence-corrected chi connectivity index (χ4v) is 1.78. The van der Waals surface area contributed by atoms with E-state index < -0.39 is 22.9 Å². The summed E-state index contributed by atoms with van der Waals surface area (Å²) in [6.07, 6.45) is 0. The molecule has 0 fully saturated rings. The Balaban J connectivity index is 2.64. The van der Waals surface area contributed by atoms with Gasteiger partial charge in [-0.1, -0.05) is 23.7 Å². The molecule has 0 amide bonds. The average molecular weight is 268 g/mol. The van der Waals surface area contributed by atoms with Crippen molar-refractivity contribution in [1.29, 1.82) is 0 Å². The first-order valence-electron chi connectivity index (χ1n) is 4.91. The predicted octanol–water partition coefficient (Wildman–Crippen LogP) is 2.53. The SMILES string of the molecule is O=C(O)c1cc(Cl)c(-c2cccc(F)c2)[nH]c1=O. The molecule has 0 spiro atoms. The molecule has 0 saturated heterocycles. The quantitative estimate of drug-likeness (QED) is 0.878. The number of pyridine rings is 1. The first-order chi connectivity index (χ1) is 8.49. The van der Waals surface area contributed by atoms with Crippen LogP contribution in [-0.2, 0) is 0 Å². The van der Waals surface area contributed by atoms with E-state index in [0.717, 1.165) is 6.07 Å². The highest BCUT2D eigenvalue weighted by Crippen LogP contribution is 2.25. The van der Waals surface area contributed by atoms with Gasteiger partial charge in [0.15, 0.2) is 0 Å². The Labute approximate surface area is 106 Å². The van der Waals surface area contributed by atoms with E-state index >= 15 is 0 Å². The van der Waals surface area contributed by atoms with Gasteiger partial charge in [0.25, 0.3) is 5.56 Å². The Morgan fingerprint density at radius 1 is 1.33 bits per heavy atom. The van der Waals surface area contributed by atoms with Crippen LogP contribution in [0.25, 0.3) is 11.3 Å². The number of aromatic nitrogens is 1. The molecule has 0 saturated carbocycles. The molecule has 0 bridgehead atoms. The molecule has 0 radical (unpaired) electrons. The van der Waals surface area contributed by atoms with Gasteiger partial charge in [0.05, 0.1) is 10.7 Å². The molecule has 0 unspecified atom stereocenters. The molecular weight excluding hydrogens is 261 g/mol. The number of nitrogens with one attached hydrogen (secondary N) is 1. The van der Waals surface area contributed by atoms with Crippen LogP contribution in [0, 0.1) is 5.82 Å². The minimum atomic E-state index is -1.37. The van der Waals surface area contributed by atoms with Gasteiger partial charge in [-0.25, -0.2) is 9.18 Å².